The van der Waals surface area contributed by atoms with Crippen LogP contribution in [0, 0.1) is 13.8 Å². The quantitative estimate of drug-likeness (QED) is 0.249. The predicted molar refractivity (Wildman–Crippen MR) is 141 cm³/mol. The highest BCUT2D eigenvalue weighted by Crippen LogP contribution is 2.45. The molecule has 0 saturated carbocycles. The van der Waals surface area contributed by atoms with Crippen LogP contribution in [0.4, 0.5) is 0 Å². The molecule has 0 aliphatic heterocycles. The van der Waals surface area contributed by atoms with E-state index in [1.54, 1.807) is 6.33 Å². The maximum absolute atomic E-state index is 4.81. The van der Waals surface area contributed by atoms with E-state index >= 15 is 0 Å². The molecular weight excluding hydrogens is 428 g/mol. The largest absolute Gasteiger partial charge is 0.235 e. The molecule has 0 N–H and O–H groups in total. The van der Waals surface area contributed by atoms with E-state index in [4.69, 9.17) is 9.97 Å². The number of nitrogens with zero attached hydrogens (tertiary/aromatic N) is 2. The van der Waals surface area contributed by atoms with Crippen LogP contribution in [0.1, 0.15) is 36.8 Å². The van der Waals surface area contributed by atoms with Crippen molar-refractivity contribution in [3.05, 3.63) is 70.9 Å². The lowest BCUT2D eigenvalue weighted by Crippen LogP contribution is -2.12. The van der Waals surface area contributed by atoms with Crippen LogP contribution >= 0.6 is 22.7 Å². The average Bonchev–Trinajstić information content (AvgIpc) is 3.29. The first-order valence-corrected chi connectivity index (χ1v) is 12.6. The lowest BCUT2D eigenvalue weighted by Gasteiger charge is -2.22. The smallest absolute Gasteiger partial charge is 0.116 e. The van der Waals surface area contributed by atoms with Crippen molar-refractivity contribution in [1.29, 1.82) is 0 Å². The number of fused-ring (bicyclic) bond motifs is 6. The Labute approximate surface area is 195 Å². The van der Waals surface area contributed by atoms with Gasteiger partial charge < -0.3 is 0 Å². The molecule has 0 aliphatic rings. The second-order valence-corrected chi connectivity index (χ2v) is 11.9. The Morgan fingerprint density at radius 3 is 2.34 bits per heavy atom. The van der Waals surface area contributed by atoms with E-state index in [-0.39, 0.29) is 5.41 Å². The van der Waals surface area contributed by atoms with Gasteiger partial charge in [-0.3, -0.25) is 0 Å². The van der Waals surface area contributed by atoms with Crippen molar-refractivity contribution in [1.82, 2.24) is 9.97 Å². The van der Waals surface area contributed by atoms with Crippen molar-refractivity contribution < 1.29 is 0 Å². The molecule has 3 heterocycles. The highest BCUT2D eigenvalue weighted by atomic mass is 32.1. The van der Waals surface area contributed by atoms with Gasteiger partial charge in [0.05, 0.1) is 15.9 Å². The SMILES string of the molecule is Cc1sc2ccc3sc4c(-c5cc(C(C)(C)C)c6ccccc6c5)ncnc4c3c2c1C. The van der Waals surface area contributed by atoms with Gasteiger partial charge in [0.15, 0.2) is 0 Å². The molecule has 0 aliphatic carbocycles. The third kappa shape index (κ3) is 2.83. The fourth-order valence-electron chi connectivity index (χ4n) is 4.79. The minimum absolute atomic E-state index is 0.0411. The van der Waals surface area contributed by atoms with Gasteiger partial charge in [-0.05, 0) is 65.4 Å². The van der Waals surface area contributed by atoms with Crippen LogP contribution in [0.3, 0.4) is 0 Å². The van der Waals surface area contributed by atoms with Gasteiger partial charge >= 0.3 is 0 Å². The van der Waals surface area contributed by atoms with Crippen molar-refractivity contribution in [3.8, 4) is 11.3 Å². The number of rotatable bonds is 1. The highest BCUT2D eigenvalue weighted by Gasteiger charge is 2.21. The van der Waals surface area contributed by atoms with Crippen LogP contribution in [0.2, 0.25) is 0 Å². The molecule has 3 aromatic carbocycles. The van der Waals surface area contributed by atoms with Gasteiger partial charge in [-0.25, -0.2) is 9.97 Å². The molecule has 0 saturated heterocycles. The molecule has 0 unspecified atom stereocenters. The van der Waals surface area contributed by atoms with Gasteiger partial charge in [0, 0.05) is 30.6 Å². The van der Waals surface area contributed by atoms with E-state index < -0.39 is 0 Å². The lowest BCUT2D eigenvalue weighted by molar-refractivity contribution is 0.596. The van der Waals surface area contributed by atoms with Gasteiger partial charge in [-0.1, -0.05) is 45.0 Å². The summed E-state index contributed by atoms with van der Waals surface area (Å²) in [5.74, 6) is 0. The third-order valence-electron chi connectivity index (χ3n) is 6.49. The molecular formula is C28H24N2S2. The molecule has 32 heavy (non-hydrogen) atoms. The van der Waals surface area contributed by atoms with E-state index in [1.807, 2.05) is 22.7 Å². The molecule has 4 heteroatoms. The Morgan fingerprint density at radius 1 is 0.812 bits per heavy atom. The summed E-state index contributed by atoms with van der Waals surface area (Å²) in [7, 11) is 0. The molecule has 0 spiro atoms. The van der Waals surface area contributed by atoms with Gasteiger partial charge in [0.2, 0.25) is 0 Å². The Hall–Kier alpha value is -2.82. The van der Waals surface area contributed by atoms with Crippen molar-refractivity contribution >= 4 is 63.8 Å². The van der Waals surface area contributed by atoms with Crippen molar-refractivity contribution in [3.63, 3.8) is 0 Å². The Kier molecular flexibility index (Phi) is 4.24. The molecule has 0 fully saturated rings. The Morgan fingerprint density at radius 2 is 1.56 bits per heavy atom. The van der Waals surface area contributed by atoms with Crippen molar-refractivity contribution in [2.75, 3.05) is 0 Å². The van der Waals surface area contributed by atoms with Gasteiger partial charge in [0.1, 0.15) is 6.33 Å². The summed E-state index contributed by atoms with van der Waals surface area (Å²) in [6.07, 6.45) is 1.74. The van der Waals surface area contributed by atoms with Crippen LogP contribution in [0.15, 0.2) is 54.9 Å². The number of benzene rings is 3. The average molecular weight is 453 g/mol. The van der Waals surface area contributed by atoms with Gasteiger partial charge in [-0.15, -0.1) is 22.7 Å². The number of aromatic nitrogens is 2. The van der Waals surface area contributed by atoms with E-state index in [0.717, 1.165) is 11.2 Å². The first-order valence-electron chi connectivity index (χ1n) is 10.9. The second kappa shape index (κ2) is 6.84. The first kappa shape index (κ1) is 19.8. The fraction of sp³-hybridized carbons (Fsp3) is 0.214. The third-order valence-corrected chi connectivity index (χ3v) is 8.81. The second-order valence-electron chi connectivity index (χ2n) is 9.59. The van der Waals surface area contributed by atoms with Crippen LogP contribution in [-0.2, 0) is 5.41 Å². The highest BCUT2D eigenvalue weighted by molar-refractivity contribution is 7.26. The van der Waals surface area contributed by atoms with Gasteiger partial charge in [-0.2, -0.15) is 0 Å². The summed E-state index contributed by atoms with van der Waals surface area (Å²) in [5.41, 5.74) is 6.04. The molecule has 0 atom stereocenters. The summed E-state index contributed by atoms with van der Waals surface area (Å²) >= 11 is 3.69. The van der Waals surface area contributed by atoms with E-state index in [0.29, 0.717) is 0 Å². The van der Waals surface area contributed by atoms with Crippen LogP contribution in [0.5, 0.6) is 0 Å². The summed E-state index contributed by atoms with van der Waals surface area (Å²) in [4.78, 5) is 11.0. The summed E-state index contributed by atoms with van der Waals surface area (Å²) < 4.78 is 3.80. The first-order chi connectivity index (χ1) is 15.3. The van der Waals surface area contributed by atoms with Crippen LogP contribution < -0.4 is 0 Å². The van der Waals surface area contributed by atoms with Crippen molar-refractivity contribution in [2.24, 2.45) is 0 Å². The Balaban J connectivity index is 1.72. The van der Waals surface area contributed by atoms with Crippen molar-refractivity contribution in [2.45, 2.75) is 40.0 Å². The summed E-state index contributed by atoms with van der Waals surface area (Å²) in [6.45, 7) is 11.3. The maximum atomic E-state index is 4.81. The maximum Gasteiger partial charge on any atom is 0.116 e. The minimum Gasteiger partial charge on any atom is -0.235 e. The predicted octanol–water partition coefficient (Wildman–Crippen LogP) is 8.79. The summed E-state index contributed by atoms with van der Waals surface area (Å²) in [6, 6.07) is 17.8. The van der Waals surface area contributed by atoms with Gasteiger partial charge in [0.25, 0.3) is 0 Å². The monoisotopic (exact) mass is 452 g/mol. The lowest BCUT2D eigenvalue weighted by atomic mass is 9.82. The molecule has 6 aromatic rings. The molecule has 0 bridgehead atoms. The topological polar surface area (TPSA) is 25.8 Å². The number of thiophene rings is 2. The normalized spacial score (nSPS) is 12.5. The zero-order valence-corrected chi connectivity index (χ0v) is 20.5. The molecule has 0 amide bonds. The molecule has 6 rings (SSSR count). The molecule has 0 radical (unpaired) electrons. The standard InChI is InChI=1S/C28H24N2S2/c1-15-16(2)31-21-10-11-22-24(23(15)21)26-27(32-22)25(29-14-30-26)18-12-17-8-6-7-9-19(17)20(13-18)28(3,4)5/h6-14H,1-5H3. The Bertz CT molecular complexity index is 1680. The van der Waals surface area contributed by atoms with Crippen LogP contribution in [-0.4, -0.2) is 9.97 Å². The molecule has 3 aromatic heterocycles. The van der Waals surface area contributed by atoms with Crippen LogP contribution in [0.25, 0.3) is 52.4 Å². The number of aryl methyl sites for hydroxylation is 2. The van der Waals surface area contributed by atoms with E-state index in [1.165, 1.54) is 57.2 Å². The number of hydrogen-bond acceptors (Lipinski definition) is 4. The van der Waals surface area contributed by atoms with E-state index in [2.05, 4.69) is 83.1 Å². The number of hydrogen-bond donors (Lipinski definition) is 0. The fourth-order valence-corrected chi connectivity index (χ4v) is 7.05. The summed E-state index contributed by atoms with van der Waals surface area (Å²) in [5, 5.41) is 5.21. The molecule has 2 nitrogen and oxygen atoms in total. The zero-order valence-electron chi connectivity index (χ0n) is 18.9. The van der Waals surface area contributed by atoms with E-state index in [9.17, 15) is 0 Å². The minimum atomic E-state index is 0.0411. The molecule has 158 valence electrons. The zero-order chi connectivity index (χ0) is 22.2.